The number of aliphatic hydroxyl groups excluding tert-OH is 1. The predicted molar refractivity (Wildman–Crippen MR) is 58.7 cm³/mol. The number of rotatable bonds is 5. The van der Waals surface area contributed by atoms with Crippen LogP contribution in [0.5, 0.6) is 0 Å². The Morgan fingerprint density at radius 1 is 1.42 bits per heavy atom. The molecule has 0 fully saturated rings. The van der Waals surface area contributed by atoms with Crippen molar-refractivity contribution in [1.29, 1.82) is 0 Å². The number of hydrogen-bond donors (Lipinski definition) is 2. The van der Waals surface area contributed by atoms with Gasteiger partial charge in [0.15, 0.2) is 0 Å². The van der Waals surface area contributed by atoms with Crippen LogP contribution in [0.25, 0.3) is 0 Å². The van der Waals surface area contributed by atoms with Gasteiger partial charge in [-0.05, 0) is 32.6 Å². The molecule has 0 amide bonds. The maximum Gasteiger partial charge on any atom is 0.0431 e. The third kappa shape index (κ3) is 5.98. The van der Waals surface area contributed by atoms with Crippen molar-refractivity contribution in [2.24, 2.45) is 11.7 Å². The molecule has 2 nitrogen and oxygen atoms in total. The quantitative estimate of drug-likeness (QED) is 0.773. The lowest BCUT2D eigenvalue weighted by atomic mass is 9.83. The summed E-state index contributed by atoms with van der Waals surface area (Å²) in [4.78, 5) is 0. The molecule has 3 N–H and O–H groups in total. The van der Waals surface area contributed by atoms with Gasteiger partial charge in [-0.1, -0.05) is 13.3 Å². The van der Waals surface area contributed by atoms with Crippen molar-refractivity contribution < 1.29 is 5.11 Å². The molecule has 0 aromatic heterocycles. The summed E-state index contributed by atoms with van der Waals surface area (Å²) in [5, 5.41) is 8.64. The molecule has 0 heterocycles. The van der Waals surface area contributed by atoms with Crippen LogP contribution in [0.3, 0.4) is 0 Å². The van der Waals surface area contributed by atoms with E-state index in [9.17, 15) is 0 Å². The minimum atomic E-state index is -0.0933. The molecule has 76 valence electrons. The summed E-state index contributed by atoms with van der Waals surface area (Å²) in [7, 11) is 0. The van der Waals surface area contributed by atoms with Crippen LogP contribution >= 0.6 is 17.0 Å². The van der Waals surface area contributed by atoms with Gasteiger partial charge in [0.2, 0.25) is 0 Å². The molecule has 0 aliphatic rings. The van der Waals surface area contributed by atoms with Crippen LogP contribution in [-0.4, -0.2) is 17.3 Å². The maximum atomic E-state index is 8.64. The Morgan fingerprint density at radius 2 is 1.92 bits per heavy atom. The van der Waals surface area contributed by atoms with Crippen LogP contribution < -0.4 is 5.73 Å². The van der Waals surface area contributed by atoms with Crippen LogP contribution in [-0.2, 0) is 0 Å². The van der Waals surface area contributed by atoms with Crippen molar-refractivity contribution in [2.45, 2.75) is 45.6 Å². The molecule has 0 aliphatic carbocycles. The molecule has 0 aromatic rings. The summed E-state index contributed by atoms with van der Waals surface area (Å²) >= 11 is 0. The molecule has 1 atom stereocenters. The molecule has 0 bridgehead atoms. The van der Waals surface area contributed by atoms with Crippen molar-refractivity contribution >= 4 is 17.0 Å². The van der Waals surface area contributed by atoms with Crippen LogP contribution in [0.2, 0.25) is 0 Å². The lowest BCUT2D eigenvalue weighted by Gasteiger charge is -2.29. The number of hydrogen-bond acceptors (Lipinski definition) is 2. The van der Waals surface area contributed by atoms with E-state index in [0.29, 0.717) is 5.92 Å². The fourth-order valence-corrected chi connectivity index (χ4v) is 1.44. The van der Waals surface area contributed by atoms with E-state index in [2.05, 4.69) is 20.8 Å². The average Bonchev–Trinajstić information content (AvgIpc) is 1.87. The Morgan fingerprint density at radius 3 is 2.17 bits per heavy atom. The minimum Gasteiger partial charge on any atom is -0.396 e. The zero-order valence-corrected chi connectivity index (χ0v) is 10.1. The Bertz CT molecular complexity index is 101. The summed E-state index contributed by atoms with van der Waals surface area (Å²) in [6.45, 7) is 6.54. The van der Waals surface area contributed by atoms with Crippen molar-refractivity contribution in [3.63, 3.8) is 0 Å². The minimum absolute atomic E-state index is 0. The fraction of sp³-hybridized carbons (Fsp3) is 1.00. The van der Waals surface area contributed by atoms with E-state index in [-0.39, 0.29) is 29.1 Å². The summed E-state index contributed by atoms with van der Waals surface area (Å²) in [6.07, 6.45) is 3.01. The molecule has 3 heteroatoms. The molecule has 1 unspecified atom stereocenters. The third-order valence-electron chi connectivity index (χ3n) is 2.26. The van der Waals surface area contributed by atoms with Crippen LogP contribution in [0, 0.1) is 5.92 Å². The van der Waals surface area contributed by atoms with Gasteiger partial charge in [0.25, 0.3) is 0 Å². The lowest BCUT2D eigenvalue weighted by Crippen LogP contribution is -2.40. The van der Waals surface area contributed by atoms with Gasteiger partial charge in [0.05, 0.1) is 0 Å². The van der Waals surface area contributed by atoms with Crippen LogP contribution in [0.1, 0.15) is 40.0 Å². The van der Waals surface area contributed by atoms with Crippen molar-refractivity contribution in [3.8, 4) is 0 Å². The topological polar surface area (TPSA) is 46.2 Å². The highest BCUT2D eigenvalue weighted by Gasteiger charge is 2.22. The second kappa shape index (κ2) is 6.87. The summed E-state index contributed by atoms with van der Waals surface area (Å²) in [5.74, 6) is 0.537. The number of halogens is 1. The molecule has 0 rings (SSSR count). The second-order valence-electron chi connectivity index (χ2n) is 3.79. The molecule has 0 saturated heterocycles. The van der Waals surface area contributed by atoms with Gasteiger partial charge in [-0.25, -0.2) is 0 Å². The largest absolute Gasteiger partial charge is 0.396 e. The van der Waals surface area contributed by atoms with Gasteiger partial charge in [-0.2, -0.15) is 0 Å². The van der Waals surface area contributed by atoms with Crippen molar-refractivity contribution in [1.82, 2.24) is 0 Å². The monoisotopic (exact) mass is 239 g/mol. The summed E-state index contributed by atoms with van der Waals surface area (Å²) < 4.78 is 0. The first-order valence-electron chi connectivity index (χ1n) is 4.42. The van der Waals surface area contributed by atoms with Gasteiger partial charge >= 0.3 is 0 Å². The summed E-state index contributed by atoms with van der Waals surface area (Å²) in [5.41, 5.74) is 5.86. The predicted octanol–water partition coefficient (Wildman–Crippen LogP) is 2.10. The van der Waals surface area contributed by atoms with E-state index >= 15 is 0 Å². The molecular weight excluding hydrogens is 218 g/mol. The normalized spacial score (nSPS) is 13.8. The van der Waals surface area contributed by atoms with E-state index in [1.807, 2.05) is 0 Å². The molecular formula is C9H22BrNO. The van der Waals surface area contributed by atoms with Crippen molar-refractivity contribution in [2.75, 3.05) is 6.61 Å². The highest BCUT2D eigenvalue weighted by atomic mass is 79.9. The molecule has 0 aliphatic heterocycles. The first-order chi connectivity index (χ1) is 5.02. The van der Waals surface area contributed by atoms with Gasteiger partial charge in [-0.3, -0.25) is 0 Å². The first-order valence-corrected chi connectivity index (χ1v) is 4.42. The Kier molecular flexibility index (Phi) is 8.53. The van der Waals surface area contributed by atoms with E-state index in [1.54, 1.807) is 0 Å². The summed E-state index contributed by atoms with van der Waals surface area (Å²) in [6, 6.07) is 0. The second-order valence-corrected chi connectivity index (χ2v) is 3.79. The van der Waals surface area contributed by atoms with E-state index in [4.69, 9.17) is 10.8 Å². The first kappa shape index (κ1) is 14.9. The van der Waals surface area contributed by atoms with Gasteiger partial charge in [0, 0.05) is 12.1 Å². The van der Waals surface area contributed by atoms with Crippen LogP contribution in [0.4, 0.5) is 0 Å². The Balaban J connectivity index is 0. The highest BCUT2D eigenvalue weighted by molar-refractivity contribution is 8.93. The zero-order chi connectivity index (χ0) is 8.91. The number of aliphatic hydroxyl groups is 1. The third-order valence-corrected chi connectivity index (χ3v) is 2.26. The maximum absolute atomic E-state index is 8.64. The van der Waals surface area contributed by atoms with Crippen molar-refractivity contribution in [3.05, 3.63) is 0 Å². The molecule has 0 radical (unpaired) electrons. The van der Waals surface area contributed by atoms with E-state index in [0.717, 1.165) is 19.3 Å². The Labute approximate surface area is 86.3 Å². The van der Waals surface area contributed by atoms with E-state index < -0.39 is 0 Å². The van der Waals surface area contributed by atoms with Gasteiger partial charge < -0.3 is 10.8 Å². The van der Waals surface area contributed by atoms with Crippen LogP contribution in [0.15, 0.2) is 0 Å². The van der Waals surface area contributed by atoms with Gasteiger partial charge in [-0.15, -0.1) is 17.0 Å². The fourth-order valence-electron chi connectivity index (χ4n) is 1.44. The molecule has 0 spiro atoms. The number of nitrogens with two attached hydrogens (primary N) is 1. The standard InChI is InChI=1S/C9H21NO.BrH/c1-4-8(6-5-7-11)9(2,3)10;/h8,11H,4-7,10H2,1-3H3;1H. The van der Waals surface area contributed by atoms with Gasteiger partial charge in [0.1, 0.15) is 0 Å². The molecule has 12 heavy (non-hydrogen) atoms. The zero-order valence-electron chi connectivity index (χ0n) is 8.34. The van der Waals surface area contributed by atoms with E-state index in [1.165, 1.54) is 0 Å². The highest BCUT2D eigenvalue weighted by Crippen LogP contribution is 2.22. The lowest BCUT2D eigenvalue weighted by molar-refractivity contribution is 0.236. The SMILES string of the molecule is Br.CCC(CCCO)C(C)(C)N. The Hall–Kier alpha value is 0.400. The average molecular weight is 240 g/mol. The smallest absolute Gasteiger partial charge is 0.0431 e. The molecule has 0 aromatic carbocycles. The molecule has 0 saturated carbocycles.